The van der Waals surface area contributed by atoms with Gasteiger partial charge >= 0.3 is 0 Å². The monoisotopic (exact) mass is 264 g/mol. The van der Waals surface area contributed by atoms with Crippen molar-refractivity contribution in [1.29, 1.82) is 0 Å². The molecular formula is C14H12N6. The van der Waals surface area contributed by atoms with Crippen LogP contribution in [-0.2, 0) is 0 Å². The quantitative estimate of drug-likeness (QED) is 0.704. The molecule has 0 N–H and O–H groups in total. The summed E-state index contributed by atoms with van der Waals surface area (Å²) in [6, 6.07) is 1.78. The minimum absolute atomic E-state index is 0.611. The van der Waals surface area contributed by atoms with Crippen molar-refractivity contribution >= 4 is 0 Å². The van der Waals surface area contributed by atoms with Crippen molar-refractivity contribution in [2.75, 3.05) is 0 Å². The Labute approximate surface area is 116 Å². The Morgan fingerprint density at radius 3 is 2.20 bits per heavy atom. The average molecular weight is 264 g/mol. The second kappa shape index (κ2) is 5.08. The number of rotatable bonds is 2. The molecule has 0 unspecified atom stereocenters. The van der Waals surface area contributed by atoms with Crippen LogP contribution in [-0.4, -0.2) is 29.9 Å². The molecule has 0 saturated carbocycles. The Morgan fingerprint density at radius 1 is 0.750 bits per heavy atom. The molecule has 3 aromatic heterocycles. The second-order valence-electron chi connectivity index (χ2n) is 4.29. The predicted octanol–water partition coefficient (Wildman–Crippen LogP) is 2.01. The molecule has 0 aliphatic carbocycles. The summed E-state index contributed by atoms with van der Waals surface area (Å²) in [5.41, 5.74) is 3.33. The first-order chi connectivity index (χ1) is 9.75. The van der Waals surface area contributed by atoms with Gasteiger partial charge in [-0.05, 0) is 19.9 Å². The van der Waals surface area contributed by atoms with E-state index >= 15 is 0 Å². The van der Waals surface area contributed by atoms with Crippen LogP contribution >= 0.6 is 0 Å². The molecule has 0 fully saturated rings. The van der Waals surface area contributed by atoms with E-state index in [1.165, 1.54) is 6.33 Å². The van der Waals surface area contributed by atoms with Crippen molar-refractivity contribution in [3.05, 3.63) is 48.6 Å². The largest absolute Gasteiger partial charge is 0.244 e. The lowest BCUT2D eigenvalue weighted by atomic mass is 10.2. The van der Waals surface area contributed by atoms with E-state index in [9.17, 15) is 0 Å². The van der Waals surface area contributed by atoms with Gasteiger partial charge in [-0.1, -0.05) is 0 Å². The highest BCUT2D eigenvalue weighted by atomic mass is 14.9. The van der Waals surface area contributed by atoms with E-state index < -0.39 is 0 Å². The summed E-state index contributed by atoms with van der Waals surface area (Å²) in [4.78, 5) is 25.5. The van der Waals surface area contributed by atoms with E-state index in [0.29, 0.717) is 11.6 Å². The van der Waals surface area contributed by atoms with Gasteiger partial charge in [0.1, 0.15) is 6.33 Å². The van der Waals surface area contributed by atoms with Crippen LogP contribution in [0.25, 0.3) is 22.8 Å². The molecule has 0 saturated heterocycles. The zero-order chi connectivity index (χ0) is 13.9. The van der Waals surface area contributed by atoms with Crippen molar-refractivity contribution in [2.24, 2.45) is 0 Å². The van der Waals surface area contributed by atoms with Gasteiger partial charge in [-0.2, -0.15) is 0 Å². The highest BCUT2D eigenvalue weighted by molar-refractivity contribution is 5.61. The molecule has 0 aliphatic heterocycles. The smallest absolute Gasteiger partial charge is 0.162 e. The first kappa shape index (κ1) is 12.3. The normalized spacial score (nSPS) is 10.5. The molecule has 0 amide bonds. The van der Waals surface area contributed by atoms with Crippen LogP contribution in [0.1, 0.15) is 11.4 Å². The Morgan fingerprint density at radius 2 is 1.50 bits per heavy atom. The van der Waals surface area contributed by atoms with E-state index in [0.717, 1.165) is 22.5 Å². The number of hydrogen-bond acceptors (Lipinski definition) is 6. The summed E-state index contributed by atoms with van der Waals surface area (Å²) >= 11 is 0. The Bertz CT molecular complexity index is 742. The van der Waals surface area contributed by atoms with E-state index in [1.807, 2.05) is 13.8 Å². The molecule has 0 aliphatic rings. The fraction of sp³-hybridized carbons (Fsp3) is 0.143. The summed E-state index contributed by atoms with van der Waals surface area (Å²) in [6.07, 6.45) is 8.36. The van der Waals surface area contributed by atoms with E-state index in [2.05, 4.69) is 29.9 Å². The number of aryl methyl sites for hydroxylation is 2. The van der Waals surface area contributed by atoms with Crippen LogP contribution in [0.15, 0.2) is 37.2 Å². The van der Waals surface area contributed by atoms with Crippen LogP contribution in [0.5, 0.6) is 0 Å². The minimum atomic E-state index is 0.611. The van der Waals surface area contributed by atoms with E-state index in [-0.39, 0.29) is 0 Å². The maximum Gasteiger partial charge on any atom is 0.162 e. The first-order valence-electron chi connectivity index (χ1n) is 6.13. The lowest BCUT2D eigenvalue weighted by molar-refractivity contribution is 1.05. The van der Waals surface area contributed by atoms with E-state index in [4.69, 9.17) is 0 Å². The summed E-state index contributed by atoms with van der Waals surface area (Å²) in [5, 5.41) is 0. The summed E-state index contributed by atoms with van der Waals surface area (Å²) in [6.45, 7) is 3.82. The summed E-state index contributed by atoms with van der Waals surface area (Å²) in [5.74, 6) is 1.23. The minimum Gasteiger partial charge on any atom is -0.244 e. The van der Waals surface area contributed by atoms with Gasteiger partial charge in [-0.25, -0.2) is 29.9 Å². The standard InChI is InChI=1S/C14H12N6/c1-9-11(6-15-8-19-9)14-18-7-12(10(2)20-14)13-16-4-3-5-17-13/h3-8H,1-2H3. The zero-order valence-electron chi connectivity index (χ0n) is 11.1. The molecule has 0 aromatic carbocycles. The van der Waals surface area contributed by atoms with Gasteiger partial charge < -0.3 is 0 Å². The van der Waals surface area contributed by atoms with Gasteiger partial charge in [0.25, 0.3) is 0 Å². The average Bonchev–Trinajstić information content (AvgIpc) is 2.48. The van der Waals surface area contributed by atoms with Crippen molar-refractivity contribution in [1.82, 2.24) is 29.9 Å². The molecule has 3 heterocycles. The summed E-state index contributed by atoms with van der Waals surface area (Å²) in [7, 11) is 0. The van der Waals surface area contributed by atoms with Gasteiger partial charge in [0.15, 0.2) is 11.6 Å². The lowest BCUT2D eigenvalue weighted by Gasteiger charge is -2.06. The number of aromatic nitrogens is 6. The molecular weight excluding hydrogens is 252 g/mol. The highest BCUT2D eigenvalue weighted by Gasteiger charge is 2.11. The molecule has 0 atom stereocenters. The van der Waals surface area contributed by atoms with Crippen molar-refractivity contribution in [2.45, 2.75) is 13.8 Å². The van der Waals surface area contributed by atoms with Crippen LogP contribution in [0.3, 0.4) is 0 Å². The molecule has 0 radical (unpaired) electrons. The molecule has 0 spiro atoms. The Balaban J connectivity index is 2.07. The molecule has 98 valence electrons. The molecule has 20 heavy (non-hydrogen) atoms. The molecule has 0 bridgehead atoms. The molecule has 6 heteroatoms. The first-order valence-corrected chi connectivity index (χ1v) is 6.13. The number of hydrogen-bond donors (Lipinski definition) is 0. The Kier molecular flexibility index (Phi) is 3.12. The summed E-state index contributed by atoms with van der Waals surface area (Å²) < 4.78 is 0. The van der Waals surface area contributed by atoms with Gasteiger partial charge in [-0.3, -0.25) is 0 Å². The maximum absolute atomic E-state index is 4.51. The SMILES string of the molecule is Cc1ncncc1-c1ncc(-c2ncccn2)c(C)n1. The fourth-order valence-electron chi connectivity index (χ4n) is 1.86. The van der Waals surface area contributed by atoms with Gasteiger partial charge in [0.2, 0.25) is 0 Å². The molecule has 6 nitrogen and oxygen atoms in total. The molecule has 3 rings (SSSR count). The van der Waals surface area contributed by atoms with Gasteiger partial charge in [-0.15, -0.1) is 0 Å². The van der Waals surface area contributed by atoms with E-state index in [1.54, 1.807) is 30.9 Å². The van der Waals surface area contributed by atoms with Gasteiger partial charge in [0.05, 0.1) is 22.5 Å². The molecule has 3 aromatic rings. The predicted molar refractivity (Wildman–Crippen MR) is 73.6 cm³/mol. The third-order valence-corrected chi connectivity index (χ3v) is 2.94. The fourth-order valence-corrected chi connectivity index (χ4v) is 1.86. The van der Waals surface area contributed by atoms with Crippen LogP contribution < -0.4 is 0 Å². The second-order valence-corrected chi connectivity index (χ2v) is 4.29. The van der Waals surface area contributed by atoms with Crippen molar-refractivity contribution in [3.8, 4) is 22.8 Å². The third-order valence-electron chi connectivity index (χ3n) is 2.94. The maximum atomic E-state index is 4.51. The van der Waals surface area contributed by atoms with Gasteiger partial charge in [0, 0.05) is 24.8 Å². The highest BCUT2D eigenvalue weighted by Crippen LogP contribution is 2.21. The van der Waals surface area contributed by atoms with Crippen molar-refractivity contribution in [3.63, 3.8) is 0 Å². The van der Waals surface area contributed by atoms with Crippen LogP contribution in [0.4, 0.5) is 0 Å². The zero-order valence-corrected chi connectivity index (χ0v) is 11.1. The van der Waals surface area contributed by atoms with Crippen LogP contribution in [0.2, 0.25) is 0 Å². The van der Waals surface area contributed by atoms with Crippen LogP contribution in [0, 0.1) is 13.8 Å². The topological polar surface area (TPSA) is 77.3 Å². The third kappa shape index (κ3) is 2.23. The van der Waals surface area contributed by atoms with Crippen molar-refractivity contribution < 1.29 is 0 Å². The Hall–Kier alpha value is -2.76. The lowest BCUT2D eigenvalue weighted by Crippen LogP contribution is -1.99. The number of nitrogens with zero attached hydrogens (tertiary/aromatic N) is 6.